The van der Waals surface area contributed by atoms with Crippen molar-refractivity contribution in [2.75, 3.05) is 0 Å². The molecular weight excluding hydrogens is 258 g/mol. The number of alkyl halides is 7. The minimum absolute atomic E-state index is 1.23. The number of halogens is 7. The molecule has 0 saturated heterocycles. The van der Waals surface area contributed by atoms with Crippen molar-refractivity contribution < 1.29 is 31.1 Å². The van der Waals surface area contributed by atoms with Crippen LogP contribution in [0.2, 0.25) is 0 Å². The minimum atomic E-state index is -5.69. The number of carbonyl (C=O) groups is 1. The fourth-order valence-electron chi connectivity index (χ4n) is 0.294. The average Bonchev–Trinajstić information content (AvgIpc) is 1.81. The topological polar surface area (TPSA) is 17.1 Å². The van der Waals surface area contributed by atoms with Gasteiger partial charge in [-0.3, -0.25) is 0 Å². The zero-order chi connectivity index (χ0) is 10.2. The normalized spacial score (nSPS) is 14.6. The molecule has 0 aromatic rings. The van der Waals surface area contributed by atoms with E-state index in [1.807, 2.05) is 0 Å². The summed E-state index contributed by atoms with van der Waals surface area (Å²) < 4.78 is 65.2. The van der Waals surface area contributed by atoms with E-state index in [4.69, 9.17) is 0 Å². The van der Waals surface area contributed by atoms with Gasteiger partial charge in [-0.05, 0) is 0 Å². The summed E-state index contributed by atoms with van der Waals surface area (Å²) in [5, 5.41) is 0. The average molecular weight is 259 g/mol. The Kier molecular flexibility index (Phi) is 2.83. The van der Waals surface area contributed by atoms with E-state index in [9.17, 15) is 31.1 Å². The van der Waals surface area contributed by atoms with Crippen molar-refractivity contribution in [1.29, 1.82) is 0 Å². The molecule has 0 aromatic heterocycles. The Morgan fingerprint density at radius 2 is 1.17 bits per heavy atom. The molecule has 0 aromatic carbocycles. The monoisotopic (exact) mass is 258 g/mol. The molecule has 0 bridgehead atoms. The van der Waals surface area contributed by atoms with Gasteiger partial charge in [0, 0.05) is 0 Å². The predicted octanol–water partition coefficient (Wildman–Crippen LogP) is 2.44. The van der Waals surface area contributed by atoms with Gasteiger partial charge in [0.05, 0.1) is 0 Å². The summed E-state index contributed by atoms with van der Waals surface area (Å²) in [6.07, 6.45) is -12.6. The van der Waals surface area contributed by atoms with E-state index in [0.717, 1.165) is 0 Å². The van der Waals surface area contributed by atoms with Gasteiger partial charge in [-0.1, -0.05) is 15.9 Å². The van der Waals surface area contributed by atoms with Gasteiger partial charge >= 0.3 is 12.4 Å². The summed E-state index contributed by atoms with van der Waals surface area (Å²) in [4.78, 5) is 9.63. The fourth-order valence-corrected chi connectivity index (χ4v) is 0.294. The molecule has 12 heavy (non-hydrogen) atoms. The van der Waals surface area contributed by atoms with Crippen LogP contribution in [0.4, 0.5) is 26.3 Å². The molecule has 0 saturated carbocycles. The van der Waals surface area contributed by atoms with Gasteiger partial charge in [0.1, 0.15) is 0 Å². The number of hydrogen-bond acceptors (Lipinski definition) is 1. The van der Waals surface area contributed by atoms with E-state index in [0.29, 0.717) is 0 Å². The quantitative estimate of drug-likeness (QED) is 0.401. The Morgan fingerprint density at radius 1 is 0.917 bits per heavy atom. The molecule has 0 unspecified atom stereocenters. The first kappa shape index (κ1) is 11.7. The second kappa shape index (κ2) is 2.90. The van der Waals surface area contributed by atoms with Gasteiger partial charge < -0.3 is 4.79 Å². The molecule has 0 aliphatic heterocycles. The van der Waals surface area contributed by atoms with Crippen LogP contribution in [0.5, 0.6) is 0 Å². The highest BCUT2D eigenvalue weighted by atomic mass is 79.9. The largest absolute Gasteiger partial charge is 0.419 e. The molecule has 0 atom stereocenters. The van der Waals surface area contributed by atoms with Crippen LogP contribution in [0, 0.1) is 0 Å². The SMILES string of the molecule is O=CC(Br)(C(F)(F)F)C(F)(F)F. The van der Waals surface area contributed by atoms with Crippen molar-refractivity contribution in [2.24, 2.45) is 0 Å². The molecule has 1 nitrogen and oxygen atoms in total. The number of aldehydes is 1. The molecule has 0 spiro atoms. The maximum atomic E-state index is 11.6. The standard InChI is InChI=1S/C4HBrF6O/c5-2(1-12,3(6,7)8)4(9,10)11/h1H. The molecule has 0 amide bonds. The van der Waals surface area contributed by atoms with E-state index in [1.54, 1.807) is 0 Å². The van der Waals surface area contributed by atoms with Gasteiger partial charge in [0.15, 0.2) is 6.29 Å². The van der Waals surface area contributed by atoms with Crippen molar-refractivity contribution in [3.63, 3.8) is 0 Å². The Morgan fingerprint density at radius 3 is 1.17 bits per heavy atom. The molecular formula is C4HBrF6O. The number of carbonyl (C=O) groups excluding carboxylic acids is 1. The van der Waals surface area contributed by atoms with Crippen molar-refractivity contribution >= 4 is 22.2 Å². The van der Waals surface area contributed by atoms with E-state index >= 15 is 0 Å². The lowest BCUT2D eigenvalue weighted by Gasteiger charge is -2.26. The third kappa shape index (κ3) is 1.73. The van der Waals surface area contributed by atoms with Gasteiger partial charge in [-0.15, -0.1) is 0 Å². The van der Waals surface area contributed by atoms with Crippen LogP contribution in [0.3, 0.4) is 0 Å². The predicted molar refractivity (Wildman–Crippen MR) is 29.8 cm³/mol. The van der Waals surface area contributed by atoms with E-state index in [2.05, 4.69) is 0 Å². The van der Waals surface area contributed by atoms with Crippen LogP contribution < -0.4 is 0 Å². The summed E-state index contributed by atoms with van der Waals surface area (Å²) in [6.45, 7) is 0. The van der Waals surface area contributed by atoms with E-state index in [1.165, 1.54) is 15.9 Å². The maximum absolute atomic E-state index is 11.6. The maximum Gasteiger partial charge on any atom is 0.419 e. The van der Waals surface area contributed by atoms with Crippen molar-refractivity contribution in [1.82, 2.24) is 0 Å². The highest BCUT2D eigenvalue weighted by Crippen LogP contribution is 2.47. The minimum Gasteiger partial charge on any atom is -0.301 e. The molecule has 0 radical (unpaired) electrons. The zero-order valence-electron chi connectivity index (χ0n) is 5.13. The Labute approximate surface area is 70.9 Å². The Balaban J connectivity index is 5.09. The zero-order valence-corrected chi connectivity index (χ0v) is 6.72. The van der Waals surface area contributed by atoms with Crippen molar-refractivity contribution in [3.05, 3.63) is 0 Å². The molecule has 0 fully saturated rings. The lowest BCUT2D eigenvalue weighted by atomic mass is 10.1. The summed E-state index contributed by atoms with van der Waals surface area (Å²) in [6, 6.07) is 0. The third-order valence-electron chi connectivity index (χ3n) is 0.987. The number of hydrogen-bond donors (Lipinski definition) is 0. The first-order valence-corrected chi connectivity index (χ1v) is 3.14. The summed E-state index contributed by atoms with van der Waals surface area (Å²) in [5.41, 5.74) is 0. The van der Waals surface area contributed by atoms with Crippen LogP contribution in [0.25, 0.3) is 0 Å². The van der Waals surface area contributed by atoms with Gasteiger partial charge in [0.25, 0.3) is 4.32 Å². The van der Waals surface area contributed by atoms with Crippen molar-refractivity contribution in [2.45, 2.75) is 16.7 Å². The van der Waals surface area contributed by atoms with Crippen LogP contribution in [0.1, 0.15) is 0 Å². The van der Waals surface area contributed by atoms with Gasteiger partial charge in [-0.25, -0.2) is 0 Å². The van der Waals surface area contributed by atoms with E-state index < -0.39 is 23.0 Å². The second-order valence-corrected chi connectivity index (χ2v) is 3.08. The molecule has 0 aliphatic carbocycles. The summed E-state index contributed by atoms with van der Waals surface area (Å²) in [7, 11) is 0. The molecule has 0 aliphatic rings. The van der Waals surface area contributed by atoms with Gasteiger partial charge in [-0.2, -0.15) is 26.3 Å². The number of rotatable bonds is 1. The first-order valence-electron chi connectivity index (χ1n) is 2.35. The first-order chi connectivity index (χ1) is 5.06. The lowest BCUT2D eigenvalue weighted by Crippen LogP contribution is -2.53. The van der Waals surface area contributed by atoms with Crippen LogP contribution >= 0.6 is 15.9 Å². The third-order valence-corrected chi connectivity index (χ3v) is 2.07. The summed E-state index contributed by atoms with van der Waals surface area (Å²) in [5.74, 6) is 0. The smallest absolute Gasteiger partial charge is 0.301 e. The molecule has 8 heteroatoms. The van der Waals surface area contributed by atoms with E-state index in [-0.39, 0.29) is 0 Å². The second-order valence-electron chi connectivity index (χ2n) is 1.83. The fraction of sp³-hybridized carbons (Fsp3) is 0.750. The molecule has 72 valence electrons. The van der Waals surface area contributed by atoms with Crippen LogP contribution in [0.15, 0.2) is 0 Å². The Hall–Kier alpha value is -0.270. The van der Waals surface area contributed by atoms with Crippen LogP contribution in [-0.4, -0.2) is 23.0 Å². The highest BCUT2D eigenvalue weighted by Gasteiger charge is 2.70. The molecule has 0 heterocycles. The Bertz CT molecular complexity index is 167. The van der Waals surface area contributed by atoms with Crippen molar-refractivity contribution in [3.8, 4) is 0 Å². The molecule has 0 rings (SSSR count). The van der Waals surface area contributed by atoms with Crippen LogP contribution in [-0.2, 0) is 4.79 Å². The summed E-state index contributed by atoms with van der Waals surface area (Å²) >= 11 is 1.31. The highest BCUT2D eigenvalue weighted by molar-refractivity contribution is 9.10. The van der Waals surface area contributed by atoms with Gasteiger partial charge in [0.2, 0.25) is 0 Å². The lowest BCUT2D eigenvalue weighted by molar-refractivity contribution is -0.250. The molecule has 0 N–H and O–H groups in total.